The highest BCUT2D eigenvalue weighted by atomic mass is 127. The Bertz CT molecular complexity index is 792. The second-order valence-corrected chi connectivity index (χ2v) is 7.84. The van der Waals surface area contributed by atoms with Crippen molar-refractivity contribution < 1.29 is 8.42 Å². The summed E-state index contributed by atoms with van der Waals surface area (Å²) in [6, 6.07) is 11.0. The Balaban J connectivity index is 2.31. The molecule has 3 N–H and O–H groups in total. The van der Waals surface area contributed by atoms with Gasteiger partial charge in [0.1, 0.15) is 4.99 Å². The lowest BCUT2D eigenvalue weighted by Crippen LogP contribution is -2.14. The van der Waals surface area contributed by atoms with E-state index in [1.54, 1.807) is 30.3 Å². The standard InChI is InChI=1S/C13H10ClIN2O2S2/c14-9-3-6-12(11(15)7-9)17-21(18,19)10-4-1-8(2-5-10)13(16)20/h1-7,17H,(H2,16,20). The minimum absolute atomic E-state index is 0.133. The second kappa shape index (κ2) is 6.47. The maximum absolute atomic E-state index is 12.3. The van der Waals surface area contributed by atoms with Crippen molar-refractivity contribution in [2.24, 2.45) is 5.73 Å². The third kappa shape index (κ3) is 4.06. The van der Waals surface area contributed by atoms with Crippen LogP contribution in [0.15, 0.2) is 47.4 Å². The predicted octanol–water partition coefficient (Wildman–Crippen LogP) is 3.38. The summed E-state index contributed by atoms with van der Waals surface area (Å²) in [6.45, 7) is 0. The number of rotatable bonds is 4. The Morgan fingerprint density at radius 3 is 2.33 bits per heavy atom. The first kappa shape index (κ1) is 16.5. The van der Waals surface area contributed by atoms with Gasteiger partial charge in [0.15, 0.2) is 0 Å². The molecule has 0 aliphatic heterocycles. The van der Waals surface area contributed by atoms with Gasteiger partial charge in [-0.1, -0.05) is 36.0 Å². The number of halogens is 2. The van der Waals surface area contributed by atoms with Gasteiger partial charge in [0.05, 0.1) is 10.6 Å². The zero-order chi connectivity index (χ0) is 15.6. The first-order chi connectivity index (χ1) is 9.79. The lowest BCUT2D eigenvalue weighted by atomic mass is 10.2. The Kier molecular flexibility index (Phi) is 5.07. The van der Waals surface area contributed by atoms with Gasteiger partial charge in [-0.3, -0.25) is 4.72 Å². The van der Waals surface area contributed by atoms with Gasteiger partial charge >= 0.3 is 0 Å². The van der Waals surface area contributed by atoms with Crippen LogP contribution in [-0.4, -0.2) is 13.4 Å². The van der Waals surface area contributed by atoms with Gasteiger partial charge in [-0.05, 0) is 52.9 Å². The average molecular weight is 453 g/mol. The van der Waals surface area contributed by atoms with Crippen LogP contribution in [0.3, 0.4) is 0 Å². The van der Waals surface area contributed by atoms with Crippen LogP contribution in [0.25, 0.3) is 0 Å². The smallest absolute Gasteiger partial charge is 0.261 e. The molecule has 2 aromatic rings. The largest absolute Gasteiger partial charge is 0.389 e. The molecule has 8 heteroatoms. The Labute approximate surface area is 146 Å². The van der Waals surface area contributed by atoms with Crippen molar-refractivity contribution in [2.75, 3.05) is 4.72 Å². The minimum atomic E-state index is -3.67. The molecule has 0 spiro atoms. The summed E-state index contributed by atoms with van der Waals surface area (Å²) in [4.78, 5) is 0.354. The van der Waals surface area contributed by atoms with Crippen LogP contribution in [0.1, 0.15) is 5.56 Å². The number of thiocarbonyl (C=S) groups is 1. The lowest BCUT2D eigenvalue weighted by molar-refractivity contribution is 0.601. The van der Waals surface area contributed by atoms with Crippen LogP contribution in [0.2, 0.25) is 5.02 Å². The van der Waals surface area contributed by atoms with Gasteiger partial charge in [-0.15, -0.1) is 0 Å². The van der Waals surface area contributed by atoms with Gasteiger partial charge in [0.25, 0.3) is 10.0 Å². The van der Waals surface area contributed by atoms with Crippen LogP contribution < -0.4 is 10.5 Å². The van der Waals surface area contributed by atoms with Gasteiger partial charge in [-0.25, -0.2) is 8.42 Å². The van der Waals surface area contributed by atoms with E-state index in [1.807, 2.05) is 22.6 Å². The molecule has 0 bridgehead atoms. The quantitative estimate of drug-likeness (QED) is 0.551. The molecule has 0 unspecified atom stereocenters. The first-order valence-electron chi connectivity index (χ1n) is 5.67. The molecule has 0 heterocycles. The Morgan fingerprint density at radius 2 is 1.81 bits per heavy atom. The second-order valence-electron chi connectivity index (χ2n) is 4.12. The third-order valence-electron chi connectivity index (χ3n) is 2.62. The monoisotopic (exact) mass is 452 g/mol. The summed E-state index contributed by atoms with van der Waals surface area (Å²) in [5.41, 5.74) is 6.57. The number of benzene rings is 2. The van der Waals surface area contributed by atoms with Crippen LogP contribution >= 0.6 is 46.4 Å². The molecule has 110 valence electrons. The minimum Gasteiger partial charge on any atom is -0.389 e. The highest BCUT2D eigenvalue weighted by molar-refractivity contribution is 14.1. The van der Waals surface area contributed by atoms with E-state index in [4.69, 9.17) is 29.6 Å². The van der Waals surface area contributed by atoms with Gasteiger partial charge < -0.3 is 5.73 Å². The van der Waals surface area contributed by atoms with Crippen molar-refractivity contribution in [1.82, 2.24) is 0 Å². The van der Waals surface area contributed by atoms with E-state index in [0.29, 0.717) is 19.8 Å². The Morgan fingerprint density at radius 1 is 1.19 bits per heavy atom. The number of hydrogen-bond acceptors (Lipinski definition) is 3. The maximum atomic E-state index is 12.3. The summed E-state index contributed by atoms with van der Waals surface area (Å²) in [5.74, 6) is 0. The van der Waals surface area contributed by atoms with Crippen LogP contribution in [0, 0.1) is 3.57 Å². The molecule has 0 aromatic heterocycles. The van der Waals surface area contributed by atoms with Gasteiger partial charge in [0, 0.05) is 14.2 Å². The van der Waals surface area contributed by atoms with Crippen molar-refractivity contribution in [1.29, 1.82) is 0 Å². The molecule has 0 saturated carbocycles. The number of hydrogen-bond donors (Lipinski definition) is 2. The number of sulfonamides is 1. The first-order valence-corrected chi connectivity index (χ1v) is 9.02. The molecule has 0 aliphatic carbocycles. The summed E-state index contributed by atoms with van der Waals surface area (Å²) in [5, 5.41) is 0.545. The SMILES string of the molecule is NC(=S)c1ccc(S(=O)(=O)Nc2ccc(Cl)cc2I)cc1. The fraction of sp³-hybridized carbons (Fsp3) is 0. The zero-order valence-corrected chi connectivity index (χ0v) is 15.1. The van der Waals surface area contributed by atoms with Crippen molar-refractivity contribution in [2.45, 2.75) is 4.90 Å². The molecular formula is C13H10ClIN2O2S2. The average Bonchev–Trinajstić information content (AvgIpc) is 2.42. The molecule has 21 heavy (non-hydrogen) atoms. The highest BCUT2D eigenvalue weighted by Gasteiger charge is 2.15. The molecule has 0 aliphatic rings. The van der Waals surface area contributed by atoms with Crippen LogP contribution in [0.5, 0.6) is 0 Å². The number of nitrogens with one attached hydrogen (secondary N) is 1. The molecule has 0 radical (unpaired) electrons. The molecule has 4 nitrogen and oxygen atoms in total. The van der Waals surface area contributed by atoms with Crippen molar-refractivity contribution >= 4 is 67.1 Å². The van der Waals surface area contributed by atoms with Crippen molar-refractivity contribution in [3.8, 4) is 0 Å². The topological polar surface area (TPSA) is 72.2 Å². The molecule has 2 aromatic carbocycles. The van der Waals surface area contributed by atoms with Crippen molar-refractivity contribution in [3.05, 3.63) is 56.6 Å². The molecule has 0 atom stereocenters. The maximum Gasteiger partial charge on any atom is 0.261 e. The van der Waals surface area contributed by atoms with E-state index in [0.717, 1.165) is 0 Å². The highest BCUT2D eigenvalue weighted by Crippen LogP contribution is 2.25. The normalized spacial score (nSPS) is 11.1. The van der Waals surface area contributed by atoms with E-state index >= 15 is 0 Å². The summed E-state index contributed by atoms with van der Waals surface area (Å²) in [6.07, 6.45) is 0. The lowest BCUT2D eigenvalue weighted by Gasteiger charge is -2.10. The molecule has 2 rings (SSSR count). The summed E-state index contributed by atoms with van der Waals surface area (Å²) < 4.78 is 27.8. The van der Waals surface area contributed by atoms with Crippen LogP contribution in [0.4, 0.5) is 5.69 Å². The number of anilines is 1. The van der Waals surface area contributed by atoms with Crippen molar-refractivity contribution in [3.63, 3.8) is 0 Å². The molecule has 0 fully saturated rings. The predicted molar refractivity (Wildman–Crippen MR) is 97.3 cm³/mol. The van der Waals surface area contributed by atoms with E-state index in [1.165, 1.54) is 12.1 Å². The summed E-state index contributed by atoms with van der Waals surface area (Å²) >= 11 is 12.7. The van der Waals surface area contributed by atoms with Gasteiger partial charge in [-0.2, -0.15) is 0 Å². The van der Waals surface area contributed by atoms with Crippen LogP contribution in [-0.2, 0) is 10.0 Å². The summed E-state index contributed by atoms with van der Waals surface area (Å²) in [7, 11) is -3.67. The molecular weight excluding hydrogens is 443 g/mol. The number of nitrogens with two attached hydrogens (primary N) is 1. The van der Waals surface area contributed by atoms with E-state index < -0.39 is 10.0 Å². The van der Waals surface area contributed by atoms with E-state index in [2.05, 4.69) is 4.72 Å². The fourth-order valence-electron chi connectivity index (χ4n) is 1.57. The molecule has 0 saturated heterocycles. The fourth-order valence-corrected chi connectivity index (χ4v) is 3.98. The van der Waals surface area contributed by atoms with E-state index in [9.17, 15) is 8.42 Å². The third-order valence-corrected chi connectivity index (χ3v) is 5.37. The van der Waals surface area contributed by atoms with Gasteiger partial charge in [0.2, 0.25) is 0 Å². The van der Waals surface area contributed by atoms with E-state index in [-0.39, 0.29) is 9.88 Å². The zero-order valence-electron chi connectivity index (χ0n) is 10.5. The Hall–Kier alpha value is -0.900. The molecule has 0 amide bonds.